The summed E-state index contributed by atoms with van der Waals surface area (Å²) in [6.45, 7) is 5.32. The normalized spacial score (nSPS) is 18.4. The number of piperidine rings is 1. The third kappa shape index (κ3) is 4.79. The van der Waals surface area contributed by atoms with Crippen molar-refractivity contribution < 1.29 is 9.52 Å². The summed E-state index contributed by atoms with van der Waals surface area (Å²) in [5, 5.41) is 27.8. The molecule has 1 N–H and O–H groups in total. The predicted molar refractivity (Wildman–Crippen MR) is 101 cm³/mol. The first-order valence-corrected chi connectivity index (χ1v) is 9.39. The second kappa shape index (κ2) is 8.90. The van der Waals surface area contributed by atoms with E-state index in [0.29, 0.717) is 25.5 Å². The zero-order valence-corrected chi connectivity index (χ0v) is 15.7. The van der Waals surface area contributed by atoms with E-state index in [9.17, 15) is 5.11 Å². The summed E-state index contributed by atoms with van der Waals surface area (Å²) in [4.78, 5) is 10.7. The topological polar surface area (TPSA) is 103 Å². The summed E-state index contributed by atoms with van der Waals surface area (Å²) in [5.74, 6) is 1.51. The third-order valence-corrected chi connectivity index (χ3v) is 5.15. The van der Waals surface area contributed by atoms with Crippen molar-refractivity contribution in [3.8, 4) is 12.1 Å². The number of nitriles is 2. The number of likely N-dealkylation sites (N-methyl/N-ethyl adjacent to an activating group) is 1. The van der Waals surface area contributed by atoms with Gasteiger partial charge >= 0.3 is 0 Å². The molecule has 1 fully saturated rings. The van der Waals surface area contributed by atoms with Gasteiger partial charge < -0.3 is 19.3 Å². The van der Waals surface area contributed by atoms with Gasteiger partial charge in [0.2, 0.25) is 0 Å². The molecule has 0 spiro atoms. The number of nitrogens with zero attached hydrogens (tertiary/aromatic N) is 6. The summed E-state index contributed by atoms with van der Waals surface area (Å²) in [6.07, 6.45) is 1.47. The highest BCUT2D eigenvalue weighted by molar-refractivity contribution is 5.90. The lowest BCUT2D eigenvalue weighted by atomic mass is 10.1. The standard InChI is InChI=1S/C19H26N6O2/c1-23(10-11-25-9-6-22-19(25)15(12-20)13-21)18-3-2-17(27-18)14-24-7-4-16(26)5-8-24/h2-3,15-16,26H,4-11,14H2,1H3. The minimum Gasteiger partial charge on any atom is -0.444 e. The first kappa shape index (κ1) is 19.2. The van der Waals surface area contributed by atoms with Crippen molar-refractivity contribution in [1.82, 2.24) is 9.80 Å². The van der Waals surface area contributed by atoms with E-state index in [1.807, 2.05) is 41.1 Å². The maximum absolute atomic E-state index is 9.60. The second-order valence-electron chi connectivity index (χ2n) is 7.09. The van der Waals surface area contributed by atoms with Gasteiger partial charge in [0.05, 0.1) is 31.3 Å². The van der Waals surface area contributed by atoms with Crippen LogP contribution >= 0.6 is 0 Å². The van der Waals surface area contributed by atoms with Crippen molar-refractivity contribution in [2.24, 2.45) is 10.9 Å². The number of aliphatic imine (C=N–C) groups is 1. The summed E-state index contributed by atoms with van der Waals surface area (Å²) >= 11 is 0. The smallest absolute Gasteiger partial charge is 0.195 e. The minimum atomic E-state index is -0.795. The average molecular weight is 370 g/mol. The molecule has 144 valence electrons. The molecule has 0 unspecified atom stereocenters. The zero-order valence-electron chi connectivity index (χ0n) is 15.7. The van der Waals surface area contributed by atoms with Crippen LogP contribution in [0.15, 0.2) is 21.5 Å². The predicted octanol–water partition coefficient (Wildman–Crippen LogP) is 1.05. The maximum Gasteiger partial charge on any atom is 0.195 e. The summed E-state index contributed by atoms with van der Waals surface area (Å²) in [7, 11) is 1.97. The van der Waals surface area contributed by atoms with Gasteiger partial charge in [-0.25, -0.2) is 0 Å². The highest BCUT2D eigenvalue weighted by atomic mass is 16.4. The van der Waals surface area contributed by atoms with Crippen LogP contribution in [-0.2, 0) is 6.54 Å². The number of rotatable bonds is 7. The number of likely N-dealkylation sites (tertiary alicyclic amines) is 1. The Labute approximate surface area is 159 Å². The van der Waals surface area contributed by atoms with E-state index in [2.05, 4.69) is 9.89 Å². The molecular weight excluding hydrogens is 344 g/mol. The number of aliphatic hydroxyl groups is 1. The van der Waals surface area contributed by atoms with Crippen LogP contribution in [-0.4, -0.2) is 73.2 Å². The molecule has 0 saturated carbocycles. The molecule has 1 saturated heterocycles. The highest BCUT2D eigenvalue weighted by Crippen LogP contribution is 2.21. The summed E-state index contributed by atoms with van der Waals surface area (Å²) in [5.41, 5.74) is 0. The van der Waals surface area contributed by atoms with Crippen molar-refractivity contribution in [3.63, 3.8) is 0 Å². The van der Waals surface area contributed by atoms with Crippen molar-refractivity contribution in [3.05, 3.63) is 17.9 Å². The molecule has 0 amide bonds. The lowest BCUT2D eigenvalue weighted by Crippen LogP contribution is -2.38. The van der Waals surface area contributed by atoms with Crippen LogP contribution in [0.5, 0.6) is 0 Å². The molecule has 0 bridgehead atoms. The van der Waals surface area contributed by atoms with Crippen molar-refractivity contribution in [1.29, 1.82) is 10.5 Å². The fraction of sp³-hybridized carbons (Fsp3) is 0.632. The molecule has 0 radical (unpaired) electrons. The molecule has 1 aromatic heterocycles. The minimum absolute atomic E-state index is 0.166. The van der Waals surface area contributed by atoms with Gasteiger partial charge in [0.1, 0.15) is 11.6 Å². The Hall–Kier alpha value is -2.55. The SMILES string of the molecule is CN(CCN1CCN=C1C(C#N)C#N)c1ccc(CN2CCC(O)CC2)o1. The molecule has 8 heteroatoms. The largest absolute Gasteiger partial charge is 0.444 e. The van der Waals surface area contributed by atoms with Gasteiger partial charge in [0, 0.05) is 45.8 Å². The molecule has 2 aliphatic heterocycles. The second-order valence-corrected chi connectivity index (χ2v) is 7.09. The van der Waals surface area contributed by atoms with Gasteiger partial charge in [-0.3, -0.25) is 9.89 Å². The maximum atomic E-state index is 9.60. The van der Waals surface area contributed by atoms with Gasteiger partial charge in [0.15, 0.2) is 11.8 Å². The molecule has 0 aliphatic carbocycles. The van der Waals surface area contributed by atoms with Crippen molar-refractivity contribution in [2.45, 2.75) is 25.5 Å². The Bertz CT molecular complexity index is 724. The van der Waals surface area contributed by atoms with E-state index in [1.165, 1.54) is 0 Å². The van der Waals surface area contributed by atoms with Crippen LogP contribution in [0.25, 0.3) is 0 Å². The number of furan rings is 1. The average Bonchev–Trinajstić information content (AvgIpc) is 3.33. The van der Waals surface area contributed by atoms with Gasteiger partial charge in [-0.05, 0) is 18.9 Å². The van der Waals surface area contributed by atoms with Crippen LogP contribution in [0.2, 0.25) is 0 Å². The first-order chi connectivity index (χ1) is 13.1. The Balaban J connectivity index is 1.50. The Morgan fingerprint density at radius 2 is 2.04 bits per heavy atom. The monoisotopic (exact) mass is 370 g/mol. The lowest BCUT2D eigenvalue weighted by molar-refractivity contribution is 0.0761. The van der Waals surface area contributed by atoms with E-state index in [0.717, 1.165) is 50.7 Å². The third-order valence-electron chi connectivity index (χ3n) is 5.15. The van der Waals surface area contributed by atoms with Crippen LogP contribution in [0, 0.1) is 28.6 Å². The van der Waals surface area contributed by atoms with Crippen LogP contribution in [0.4, 0.5) is 5.88 Å². The number of anilines is 1. The zero-order chi connectivity index (χ0) is 19.2. The molecule has 27 heavy (non-hydrogen) atoms. The quantitative estimate of drug-likeness (QED) is 0.765. The van der Waals surface area contributed by atoms with Crippen LogP contribution in [0.1, 0.15) is 18.6 Å². The lowest BCUT2D eigenvalue weighted by Gasteiger charge is -2.28. The number of hydrogen-bond donors (Lipinski definition) is 1. The fourth-order valence-corrected chi connectivity index (χ4v) is 3.48. The van der Waals surface area contributed by atoms with Gasteiger partial charge in [0.25, 0.3) is 0 Å². The molecule has 0 atom stereocenters. The molecule has 2 aliphatic rings. The van der Waals surface area contributed by atoms with Gasteiger partial charge in [-0.2, -0.15) is 10.5 Å². The molecule has 0 aromatic carbocycles. The van der Waals surface area contributed by atoms with Crippen molar-refractivity contribution in [2.75, 3.05) is 51.2 Å². The van der Waals surface area contributed by atoms with E-state index in [4.69, 9.17) is 14.9 Å². The number of hydrogen-bond acceptors (Lipinski definition) is 8. The Kier molecular flexibility index (Phi) is 6.33. The van der Waals surface area contributed by atoms with Gasteiger partial charge in [-0.15, -0.1) is 0 Å². The molecule has 8 nitrogen and oxygen atoms in total. The summed E-state index contributed by atoms with van der Waals surface area (Å²) < 4.78 is 5.98. The fourth-order valence-electron chi connectivity index (χ4n) is 3.48. The van der Waals surface area contributed by atoms with E-state index < -0.39 is 5.92 Å². The molecule has 3 heterocycles. The molecule has 1 aromatic rings. The number of aliphatic hydroxyl groups excluding tert-OH is 1. The molecule has 3 rings (SSSR count). The molecular formula is C19H26N6O2. The van der Waals surface area contributed by atoms with E-state index in [-0.39, 0.29) is 6.10 Å². The van der Waals surface area contributed by atoms with Gasteiger partial charge in [-0.1, -0.05) is 0 Å². The van der Waals surface area contributed by atoms with E-state index in [1.54, 1.807) is 0 Å². The Morgan fingerprint density at radius 3 is 2.74 bits per heavy atom. The highest BCUT2D eigenvalue weighted by Gasteiger charge is 2.25. The van der Waals surface area contributed by atoms with Crippen LogP contribution < -0.4 is 4.90 Å². The summed E-state index contributed by atoms with van der Waals surface area (Å²) in [6, 6.07) is 7.98. The number of amidine groups is 1. The van der Waals surface area contributed by atoms with Crippen LogP contribution in [0.3, 0.4) is 0 Å². The van der Waals surface area contributed by atoms with E-state index >= 15 is 0 Å². The van der Waals surface area contributed by atoms with Crippen molar-refractivity contribution >= 4 is 11.7 Å². The first-order valence-electron chi connectivity index (χ1n) is 9.39. The Morgan fingerprint density at radius 1 is 1.30 bits per heavy atom.